The molecule has 2 N–H and O–H groups in total. The van der Waals surface area contributed by atoms with E-state index in [0.717, 1.165) is 11.1 Å². The van der Waals surface area contributed by atoms with Crippen LogP contribution in [0.25, 0.3) is 10.9 Å². The van der Waals surface area contributed by atoms with Crippen LogP contribution in [0.15, 0.2) is 121 Å². The van der Waals surface area contributed by atoms with E-state index in [-0.39, 0.29) is 126 Å². The van der Waals surface area contributed by atoms with Gasteiger partial charge in [0.1, 0.15) is 25.8 Å². The summed E-state index contributed by atoms with van der Waals surface area (Å²) in [6.07, 6.45) is 2.49. The molecule has 0 radical (unpaired) electrons. The molecule has 0 aliphatic carbocycles. The molecule has 2 fully saturated rings. The van der Waals surface area contributed by atoms with Crippen LogP contribution in [-0.4, -0.2) is 88.2 Å². The van der Waals surface area contributed by atoms with E-state index in [1.165, 1.54) is 56.2 Å². The number of fused-ring (bicyclic) bond motifs is 2. The van der Waals surface area contributed by atoms with E-state index in [9.17, 15) is 42.6 Å². The average molecular weight is 900 g/mol. The van der Waals surface area contributed by atoms with E-state index in [1.807, 2.05) is 37.3 Å². The number of hydrogen-bond donors (Lipinski definition) is 2. The first-order valence-corrected chi connectivity index (χ1v) is 22.1. The Hall–Kier alpha value is -3.58. The van der Waals surface area contributed by atoms with Crippen molar-refractivity contribution in [1.82, 2.24) is 23.8 Å². The van der Waals surface area contributed by atoms with Gasteiger partial charge in [-0.25, -0.2) is 14.0 Å². The largest absolute Gasteiger partial charge is 1.00 e. The van der Waals surface area contributed by atoms with E-state index in [0.29, 0.717) is 28.5 Å². The monoisotopic (exact) mass is 899 g/mol. The Morgan fingerprint density at radius 2 is 1.61 bits per heavy atom. The quantitative estimate of drug-likeness (QED) is 0.0596. The topological polar surface area (TPSA) is 199 Å². The summed E-state index contributed by atoms with van der Waals surface area (Å²) in [4.78, 5) is 82.1. The fraction of sp³-hybridized carbons (Fsp3) is 0.256. The van der Waals surface area contributed by atoms with Crippen molar-refractivity contribution < 1.29 is 106 Å². The van der Waals surface area contributed by atoms with Crippen molar-refractivity contribution in [2.24, 2.45) is 0 Å². The van der Waals surface area contributed by atoms with E-state index >= 15 is 0 Å². The number of para-hydroxylation sites is 1. The molecule has 3 amide bonds. The third-order valence-corrected chi connectivity index (χ3v) is 12.9. The summed E-state index contributed by atoms with van der Waals surface area (Å²) in [6.45, 7) is 6.82. The third-order valence-electron chi connectivity index (χ3n) is 10.7. The number of piperazine rings is 1. The minimum atomic E-state index is -5.34. The zero-order chi connectivity index (χ0) is 42.9. The molecule has 0 spiro atoms. The summed E-state index contributed by atoms with van der Waals surface area (Å²) in [5, 5.41) is 3.59. The Labute approximate surface area is 405 Å². The summed E-state index contributed by atoms with van der Waals surface area (Å²) >= 11 is 0. The molecule has 0 bridgehead atoms. The van der Waals surface area contributed by atoms with E-state index < -0.39 is 42.6 Å². The van der Waals surface area contributed by atoms with E-state index in [4.69, 9.17) is 0 Å². The van der Waals surface area contributed by atoms with Gasteiger partial charge < -0.3 is 28.7 Å². The zero-order valence-corrected chi connectivity index (χ0v) is 40.7. The first-order chi connectivity index (χ1) is 28.5. The number of Topliss-reactive ketones (excluding diaryl/α,β-unsaturated/α-hetero) is 1. The second-order valence-electron chi connectivity index (χ2n) is 14.8. The minimum absolute atomic E-state index is 0. The third kappa shape index (κ3) is 10.7. The first kappa shape index (κ1) is 49.4. The Morgan fingerprint density at radius 1 is 0.935 bits per heavy atom. The number of nitrogens with zero attached hydrogens (tertiary/aromatic N) is 5. The van der Waals surface area contributed by atoms with Crippen LogP contribution >= 0.6 is 18.6 Å². The number of amides is 3. The van der Waals surface area contributed by atoms with Crippen LogP contribution in [0, 0.1) is 6.92 Å². The number of hydrogen-bond acceptors (Lipinski definition) is 11. The van der Waals surface area contributed by atoms with Crippen LogP contribution in [0.5, 0.6) is 5.75 Å². The van der Waals surface area contributed by atoms with Crippen LogP contribution in [0.2, 0.25) is 0 Å². The van der Waals surface area contributed by atoms with Crippen LogP contribution in [0.3, 0.4) is 0 Å². The molecular weight excluding hydrogens is 856 g/mol. The number of benzene rings is 4. The Bertz CT molecular complexity index is 2500. The van der Waals surface area contributed by atoms with Crippen molar-refractivity contribution in [3.8, 4) is 5.75 Å². The normalized spacial score (nSPS) is 17.2. The second-order valence-corrected chi connectivity index (χ2v) is 17.8. The average Bonchev–Trinajstić information content (AvgIpc) is 3.62. The molecule has 5 aromatic rings. The summed E-state index contributed by atoms with van der Waals surface area (Å²) in [5.41, 5.74) is 3.40. The Balaban J connectivity index is 0.00000363. The van der Waals surface area contributed by atoms with Gasteiger partial charge in [-0.15, -0.1) is 6.58 Å². The maximum Gasteiger partial charge on any atom is 1.00 e. The van der Waals surface area contributed by atoms with Crippen molar-refractivity contribution >= 4 is 53.0 Å². The van der Waals surface area contributed by atoms with Gasteiger partial charge in [0, 0.05) is 43.1 Å². The molecule has 1 aromatic heterocycles. The van der Waals surface area contributed by atoms with Gasteiger partial charge in [-0.3, -0.25) is 28.3 Å². The molecule has 2 aliphatic heterocycles. The Kier molecular flexibility index (Phi) is 16.3. The van der Waals surface area contributed by atoms with Gasteiger partial charge in [-0.2, -0.15) is 0 Å². The smallest absolute Gasteiger partial charge is 0.780 e. The summed E-state index contributed by atoms with van der Waals surface area (Å²) in [6, 6.07) is 25.7. The van der Waals surface area contributed by atoms with Crippen molar-refractivity contribution in [3.05, 3.63) is 144 Å². The van der Waals surface area contributed by atoms with Gasteiger partial charge in [0.2, 0.25) is 17.7 Å². The number of carbonyl (C=O) groups excluding carboxylic acids is 4. The van der Waals surface area contributed by atoms with Gasteiger partial charge in [-0.05, 0) is 61.2 Å². The predicted molar refractivity (Wildman–Crippen MR) is 221 cm³/mol. The van der Waals surface area contributed by atoms with Gasteiger partial charge in [0.15, 0.2) is 5.78 Å². The van der Waals surface area contributed by atoms with Gasteiger partial charge >= 0.3 is 59.1 Å². The fourth-order valence-electron chi connectivity index (χ4n) is 7.92. The molecule has 4 aromatic carbocycles. The molecule has 7 rings (SSSR count). The number of hydrazine groups is 1. The number of rotatable bonds is 14. The SMILES string of the molecule is C=CCN1CC(=O)N2[C@@H](Cc3ccc(OP(=O)([O-])[O-])cc3)C(=O)N(Cc3cccc4c(C(C)=O)cn(S(O)(O)c5ccc(C)cc5)c34)C[C@@H]2N1C(=O)CCc1ccccc1.[Na+].[Na+]. The van der Waals surface area contributed by atoms with Crippen LogP contribution < -0.4 is 73.4 Å². The van der Waals surface area contributed by atoms with Crippen molar-refractivity contribution in [2.45, 2.75) is 56.8 Å². The zero-order valence-electron chi connectivity index (χ0n) is 35.0. The Morgan fingerprint density at radius 3 is 2.24 bits per heavy atom. The van der Waals surface area contributed by atoms with Gasteiger partial charge in [-0.1, -0.05) is 95.2 Å². The molecule has 2 saturated heterocycles. The predicted octanol–water partition coefficient (Wildman–Crippen LogP) is -1.07. The van der Waals surface area contributed by atoms with E-state index in [2.05, 4.69) is 11.1 Å². The number of ketones is 1. The molecule has 62 heavy (non-hydrogen) atoms. The molecule has 2 aliphatic rings. The van der Waals surface area contributed by atoms with Gasteiger partial charge in [0.25, 0.3) is 0 Å². The first-order valence-electron chi connectivity index (χ1n) is 19.2. The van der Waals surface area contributed by atoms with Crippen LogP contribution in [-0.2, 0) is 38.3 Å². The standard InChI is InChI=1S/C43H46N5O10PS.2Na/c1-4-23-45-28-41(51)47-38(24-32-15-18-34(19-16-32)58-59(53,54)55)43(52)44(27-39(47)48(45)40(50)22-17-31-9-6-5-7-10-31)25-33-11-8-12-36-37(30(3)49)26-46(42(33)36)60(56,57)35-20-13-29(2)14-21-35;;/h4-16,18-21,26,38-39,56-57H,1,17,22-25,27-28H2,2-3H3,(H2,53,54,55);;/q;2*+1/p-2/t38-,39-;;/m0../s1. The number of aromatic nitrogens is 1. The van der Waals surface area contributed by atoms with Crippen LogP contribution in [0.1, 0.15) is 46.0 Å². The second kappa shape index (κ2) is 20.5. The van der Waals surface area contributed by atoms with Gasteiger partial charge in [0.05, 0.1) is 23.5 Å². The molecule has 0 saturated carbocycles. The van der Waals surface area contributed by atoms with Crippen molar-refractivity contribution in [3.63, 3.8) is 0 Å². The number of phosphoric acid groups is 1. The number of carbonyl (C=O) groups is 4. The van der Waals surface area contributed by atoms with Crippen molar-refractivity contribution in [2.75, 3.05) is 19.6 Å². The van der Waals surface area contributed by atoms with Crippen molar-refractivity contribution in [1.29, 1.82) is 0 Å². The number of aryl methyl sites for hydroxylation is 2. The minimum Gasteiger partial charge on any atom is -0.780 e. The molecule has 314 valence electrons. The summed E-state index contributed by atoms with van der Waals surface area (Å²) in [5.74, 6) is -1.68. The summed E-state index contributed by atoms with van der Waals surface area (Å²) < 4.78 is 40.7. The molecule has 0 unspecified atom stereocenters. The summed E-state index contributed by atoms with van der Waals surface area (Å²) in [7, 11) is -9.09. The molecule has 2 atom stereocenters. The maximum atomic E-state index is 14.9. The van der Waals surface area contributed by atoms with Crippen LogP contribution in [0.4, 0.5) is 0 Å². The van der Waals surface area contributed by atoms with E-state index in [1.54, 1.807) is 53.5 Å². The number of phosphoric ester groups is 1. The molecule has 3 heterocycles. The fourth-order valence-corrected chi connectivity index (χ4v) is 9.75. The molecular formula is C43H44N5Na2O10PS. The molecule has 15 nitrogen and oxygen atoms in total. The maximum absolute atomic E-state index is 14.9. The molecule has 19 heteroatoms.